The van der Waals surface area contributed by atoms with Gasteiger partial charge in [-0.1, -0.05) is 37.6 Å². The molecule has 0 spiro atoms. The quantitative estimate of drug-likeness (QED) is 0.332. The van der Waals surface area contributed by atoms with Crippen LogP contribution < -0.4 is 9.64 Å². The topological polar surface area (TPSA) is 90.4 Å². The molecule has 3 aliphatic rings. The molecule has 0 unspecified atom stereocenters. The van der Waals surface area contributed by atoms with Gasteiger partial charge in [0, 0.05) is 62.2 Å². The van der Waals surface area contributed by atoms with Gasteiger partial charge in [-0.05, 0) is 55.0 Å². The van der Waals surface area contributed by atoms with Crippen molar-refractivity contribution in [1.29, 1.82) is 0 Å². The zero-order valence-electron chi connectivity index (χ0n) is 27.5. The van der Waals surface area contributed by atoms with Crippen molar-refractivity contribution >= 4 is 23.5 Å². The van der Waals surface area contributed by atoms with Crippen molar-refractivity contribution in [2.45, 2.75) is 70.4 Å². The number of carbonyl (C=O) groups is 3. The molecule has 244 valence electrons. The number of nitrogens with zero attached hydrogens (tertiary/aromatic N) is 4. The molecule has 2 amide bonds. The van der Waals surface area contributed by atoms with Gasteiger partial charge in [-0.2, -0.15) is 0 Å². The molecule has 3 heterocycles. The summed E-state index contributed by atoms with van der Waals surface area (Å²) >= 11 is 0. The number of hydrogen-bond donors (Lipinski definition) is 1. The minimum Gasteiger partial charge on any atom is -0.493 e. The van der Waals surface area contributed by atoms with E-state index in [4.69, 9.17) is 4.74 Å². The molecular formula is C36H51N4O5+. The molecule has 2 fully saturated rings. The van der Waals surface area contributed by atoms with Crippen molar-refractivity contribution in [2.24, 2.45) is 5.92 Å². The van der Waals surface area contributed by atoms with Gasteiger partial charge in [0.2, 0.25) is 11.8 Å². The predicted molar refractivity (Wildman–Crippen MR) is 175 cm³/mol. The van der Waals surface area contributed by atoms with Crippen LogP contribution in [-0.2, 0) is 27.3 Å². The summed E-state index contributed by atoms with van der Waals surface area (Å²) in [7, 11) is 6.46. The van der Waals surface area contributed by atoms with Crippen LogP contribution in [0.3, 0.4) is 0 Å². The lowest BCUT2D eigenvalue weighted by molar-refractivity contribution is -0.884. The van der Waals surface area contributed by atoms with Crippen molar-refractivity contribution in [3.8, 4) is 5.75 Å². The van der Waals surface area contributed by atoms with Gasteiger partial charge in [0.1, 0.15) is 12.3 Å². The van der Waals surface area contributed by atoms with Gasteiger partial charge in [0.25, 0.3) is 0 Å². The first kappa shape index (κ1) is 32.9. The Kier molecular flexibility index (Phi) is 10.5. The number of aliphatic carboxylic acids is 1. The van der Waals surface area contributed by atoms with Crippen LogP contribution >= 0.6 is 0 Å². The second kappa shape index (κ2) is 14.3. The Labute approximate surface area is 268 Å². The molecule has 9 heteroatoms. The van der Waals surface area contributed by atoms with Crippen LogP contribution in [0.1, 0.15) is 68.1 Å². The van der Waals surface area contributed by atoms with Crippen LogP contribution in [0.5, 0.6) is 5.75 Å². The molecule has 0 aliphatic carbocycles. The molecule has 0 bridgehead atoms. The zero-order valence-corrected chi connectivity index (χ0v) is 27.5. The van der Waals surface area contributed by atoms with Gasteiger partial charge >= 0.3 is 5.97 Å². The Morgan fingerprint density at radius 2 is 1.91 bits per heavy atom. The lowest BCUT2D eigenvalue weighted by Crippen LogP contribution is -2.46. The Balaban J connectivity index is 1.43. The highest BCUT2D eigenvalue weighted by molar-refractivity contribution is 5.95. The van der Waals surface area contributed by atoms with E-state index in [0.29, 0.717) is 45.6 Å². The van der Waals surface area contributed by atoms with Gasteiger partial charge in [-0.25, -0.2) is 0 Å². The molecule has 1 N–H and O–H groups in total. The normalized spacial score (nSPS) is 21.9. The number of piperidine rings is 1. The smallest absolute Gasteiger partial charge is 0.308 e. The molecular weight excluding hydrogens is 568 g/mol. The Bertz CT molecular complexity index is 1370. The number of hydrogen-bond acceptors (Lipinski definition) is 5. The number of benzene rings is 2. The first-order chi connectivity index (χ1) is 21.5. The van der Waals surface area contributed by atoms with E-state index in [1.165, 1.54) is 5.56 Å². The van der Waals surface area contributed by atoms with Crippen molar-refractivity contribution < 1.29 is 28.7 Å². The van der Waals surface area contributed by atoms with Gasteiger partial charge in [-0.3, -0.25) is 19.3 Å². The number of carboxylic acid groups (broad SMARTS) is 1. The minimum atomic E-state index is -0.850. The third kappa shape index (κ3) is 8.05. The molecule has 3 atom stereocenters. The van der Waals surface area contributed by atoms with Crippen LogP contribution in [0.4, 0.5) is 5.69 Å². The first-order valence-corrected chi connectivity index (χ1v) is 16.7. The van der Waals surface area contributed by atoms with E-state index >= 15 is 0 Å². The van der Waals surface area contributed by atoms with Crippen LogP contribution in [0.25, 0.3) is 0 Å². The summed E-state index contributed by atoms with van der Waals surface area (Å²) < 4.78 is 6.51. The number of carbonyl (C=O) groups excluding carboxylic acids is 2. The molecule has 2 aromatic carbocycles. The van der Waals surface area contributed by atoms with E-state index in [-0.39, 0.29) is 30.3 Å². The fraction of sp³-hybridized carbons (Fsp3) is 0.583. The fourth-order valence-electron chi connectivity index (χ4n) is 7.36. The lowest BCUT2D eigenvalue weighted by Gasteiger charge is -2.33. The van der Waals surface area contributed by atoms with Crippen molar-refractivity contribution in [3.63, 3.8) is 0 Å². The second-order valence-corrected chi connectivity index (χ2v) is 14.1. The molecule has 9 nitrogen and oxygen atoms in total. The first-order valence-electron chi connectivity index (χ1n) is 16.7. The van der Waals surface area contributed by atoms with Crippen LogP contribution in [0.15, 0.2) is 42.5 Å². The summed E-state index contributed by atoms with van der Waals surface area (Å²) in [5, 5.41) is 10.6. The number of carboxylic acids is 1. The molecule has 45 heavy (non-hydrogen) atoms. The molecule has 0 aromatic heterocycles. The molecule has 0 radical (unpaired) electrons. The standard InChI is InChI=1S/C36H50N4O5/c1-5-6-18-39(29-11-9-10-26(21-29)25-40(2,3)4)34(42)24-38-23-30(27-13-14-32-28(22-27)16-20-45-32)35(36(43)44)31(38)15-19-37-17-8-7-12-33(37)41/h9-11,13-14,21-22,30-31,35H,5-8,12,15-20,23-25H2,1-4H3/p+1/t30-,31+,35-/m1/s1. The van der Waals surface area contributed by atoms with Crippen molar-refractivity contribution in [1.82, 2.24) is 9.80 Å². The zero-order chi connectivity index (χ0) is 32.1. The number of likely N-dealkylation sites (tertiary alicyclic amines) is 2. The van der Waals surface area contributed by atoms with Gasteiger partial charge in [0.05, 0.1) is 40.2 Å². The van der Waals surface area contributed by atoms with E-state index in [9.17, 15) is 19.5 Å². The highest BCUT2D eigenvalue weighted by atomic mass is 16.5. The summed E-state index contributed by atoms with van der Waals surface area (Å²) in [4.78, 5) is 45.8. The number of ether oxygens (including phenoxy) is 1. The van der Waals surface area contributed by atoms with Crippen molar-refractivity contribution in [2.75, 3.05) is 65.4 Å². The number of anilines is 1. The van der Waals surface area contributed by atoms with Gasteiger partial charge in [-0.15, -0.1) is 0 Å². The van der Waals surface area contributed by atoms with Gasteiger partial charge < -0.3 is 24.1 Å². The summed E-state index contributed by atoms with van der Waals surface area (Å²) in [6, 6.07) is 13.9. The number of rotatable bonds is 13. The maximum atomic E-state index is 14.2. The molecule has 3 aliphatic heterocycles. The number of amides is 2. The largest absolute Gasteiger partial charge is 0.493 e. The van der Waals surface area contributed by atoms with E-state index in [2.05, 4.69) is 51.2 Å². The highest BCUT2D eigenvalue weighted by Gasteiger charge is 2.47. The van der Waals surface area contributed by atoms with E-state index in [1.54, 1.807) is 0 Å². The summed E-state index contributed by atoms with van der Waals surface area (Å²) in [5.41, 5.74) is 4.16. The second-order valence-electron chi connectivity index (χ2n) is 14.1. The number of quaternary nitrogens is 1. The number of fused-ring (bicyclic) bond motifs is 1. The molecule has 2 saturated heterocycles. The Morgan fingerprint density at radius 3 is 2.64 bits per heavy atom. The molecule has 5 rings (SSSR count). The Hall–Kier alpha value is -3.43. The van der Waals surface area contributed by atoms with Crippen LogP contribution in [0, 0.1) is 5.92 Å². The van der Waals surface area contributed by atoms with E-state index in [1.807, 2.05) is 34.1 Å². The van der Waals surface area contributed by atoms with Crippen molar-refractivity contribution in [3.05, 3.63) is 59.2 Å². The third-order valence-corrected chi connectivity index (χ3v) is 9.55. The monoisotopic (exact) mass is 619 g/mol. The highest BCUT2D eigenvalue weighted by Crippen LogP contribution is 2.41. The maximum Gasteiger partial charge on any atom is 0.308 e. The average molecular weight is 620 g/mol. The SMILES string of the molecule is CCCCN(C(=O)CN1C[C@H](c2ccc3c(c2)CCO3)[C@@H](C(=O)O)[C@@H]1CCN1CCCCC1=O)c1cccc(C[N+](C)(C)C)c1. The lowest BCUT2D eigenvalue weighted by atomic mass is 9.83. The number of unbranched alkanes of at least 4 members (excludes halogenated alkanes) is 1. The Morgan fingerprint density at radius 1 is 1.09 bits per heavy atom. The average Bonchev–Trinajstić information content (AvgIpc) is 3.60. The maximum absolute atomic E-state index is 14.2. The van der Waals surface area contributed by atoms with Gasteiger partial charge in [0.15, 0.2) is 0 Å². The predicted octanol–water partition coefficient (Wildman–Crippen LogP) is 4.53. The molecule has 2 aromatic rings. The van der Waals surface area contributed by atoms with E-state index in [0.717, 1.165) is 65.7 Å². The summed E-state index contributed by atoms with van der Waals surface area (Å²) in [6.45, 7) is 6.06. The third-order valence-electron chi connectivity index (χ3n) is 9.55. The summed E-state index contributed by atoms with van der Waals surface area (Å²) in [6.07, 6.45) is 5.61. The fourth-order valence-corrected chi connectivity index (χ4v) is 7.36. The molecule has 0 saturated carbocycles. The van der Waals surface area contributed by atoms with E-state index < -0.39 is 11.9 Å². The van der Waals surface area contributed by atoms with Crippen LogP contribution in [0.2, 0.25) is 0 Å². The minimum absolute atomic E-state index is 0.0166. The van der Waals surface area contributed by atoms with Crippen LogP contribution in [-0.4, -0.2) is 104 Å². The summed E-state index contributed by atoms with van der Waals surface area (Å²) in [5.74, 6) is -0.803.